The molecule has 1 aromatic carbocycles. The Labute approximate surface area is 134 Å². The topological polar surface area (TPSA) is 86.5 Å². The number of anilines is 1. The molecule has 120 valence electrons. The minimum atomic E-state index is -0.253. The SMILES string of the molecule is CCCc1cc(NCCCc2n[nH]c(=O)[nH]2)c2ccccc2n1. The van der Waals surface area contributed by atoms with Gasteiger partial charge in [0.05, 0.1) is 5.52 Å². The molecule has 0 saturated carbocycles. The minimum absolute atomic E-state index is 0.253. The van der Waals surface area contributed by atoms with Crippen molar-refractivity contribution in [2.24, 2.45) is 0 Å². The van der Waals surface area contributed by atoms with Gasteiger partial charge in [0.1, 0.15) is 5.82 Å². The fourth-order valence-corrected chi connectivity index (χ4v) is 2.66. The van der Waals surface area contributed by atoms with Crippen LogP contribution in [-0.2, 0) is 12.8 Å². The fourth-order valence-electron chi connectivity index (χ4n) is 2.66. The van der Waals surface area contributed by atoms with Crippen LogP contribution in [0.25, 0.3) is 10.9 Å². The van der Waals surface area contributed by atoms with Crippen LogP contribution in [0.1, 0.15) is 31.3 Å². The molecule has 0 radical (unpaired) electrons. The third-order valence-corrected chi connectivity index (χ3v) is 3.73. The summed E-state index contributed by atoms with van der Waals surface area (Å²) in [6, 6.07) is 10.3. The standard InChI is InChI=1S/C17H21N5O/c1-2-6-12-11-15(13-7-3-4-8-14(13)19-12)18-10-5-9-16-20-17(23)22-21-16/h3-4,7-8,11H,2,5-6,9-10H2,1H3,(H,18,19)(H2,20,21,22,23). The molecule has 3 aromatic rings. The first-order valence-corrected chi connectivity index (χ1v) is 8.02. The number of hydrogen-bond donors (Lipinski definition) is 3. The van der Waals surface area contributed by atoms with Crippen molar-refractivity contribution in [3.63, 3.8) is 0 Å². The molecule has 23 heavy (non-hydrogen) atoms. The van der Waals surface area contributed by atoms with Crippen LogP contribution in [0.2, 0.25) is 0 Å². The van der Waals surface area contributed by atoms with Gasteiger partial charge in [0, 0.05) is 29.7 Å². The lowest BCUT2D eigenvalue weighted by Crippen LogP contribution is -2.06. The molecule has 3 rings (SSSR count). The molecule has 6 heteroatoms. The van der Waals surface area contributed by atoms with Gasteiger partial charge in [-0.2, -0.15) is 5.10 Å². The lowest BCUT2D eigenvalue weighted by Gasteiger charge is -2.11. The summed E-state index contributed by atoms with van der Waals surface area (Å²) in [7, 11) is 0. The van der Waals surface area contributed by atoms with E-state index < -0.39 is 0 Å². The van der Waals surface area contributed by atoms with E-state index in [9.17, 15) is 4.79 Å². The average Bonchev–Trinajstić information content (AvgIpc) is 2.97. The number of hydrogen-bond acceptors (Lipinski definition) is 4. The predicted octanol–water partition coefficient (Wildman–Crippen LogP) is 2.64. The van der Waals surface area contributed by atoms with Gasteiger partial charge in [-0.3, -0.25) is 9.97 Å². The molecule has 0 spiro atoms. The normalized spacial score (nSPS) is 11.0. The lowest BCUT2D eigenvalue weighted by atomic mass is 10.1. The summed E-state index contributed by atoms with van der Waals surface area (Å²) in [6.07, 6.45) is 3.68. The van der Waals surface area contributed by atoms with Crippen LogP contribution in [-0.4, -0.2) is 26.7 Å². The maximum atomic E-state index is 11.0. The van der Waals surface area contributed by atoms with Gasteiger partial charge >= 0.3 is 5.69 Å². The molecule has 6 nitrogen and oxygen atoms in total. The van der Waals surface area contributed by atoms with E-state index in [1.807, 2.05) is 18.2 Å². The van der Waals surface area contributed by atoms with Crippen LogP contribution < -0.4 is 11.0 Å². The van der Waals surface area contributed by atoms with Crippen LogP contribution in [0.15, 0.2) is 35.1 Å². The molecule has 0 unspecified atom stereocenters. The third kappa shape index (κ3) is 3.77. The first kappa shape index (κ1) is 15.3. The molecule has 0 aliphatic heterocycles. The van der Waals surface area contributed by atoms with Crippen molar-refractivity contribution >= 4 is 16.6 Å². The molecule has 0 fully saturated rings. The summed E-state index contributed by atoms with van der Waals surface area (Å²) < 4.78 is 0. The zero-order chi connectivity index (χ0) is 16.1. The molecule has 0 aliphatic carbocycles. The maximum absolute atomic E-state index is 11.0. The highest BCUT2D eigenvalue weighted by atomic mass is 16.1. The van der Waals surface area contributed by atoms with E-state index in [0.29, 0.717) is 5.82 Å². The summed E-state index contributed by atoms with van der Waals surface area (Å²) in [5, 5.41) is 10.9. The second-order valence-electron chi connectivity index (χ2n) is 5.58. The molecular formula is C17H21N5O. The molecule has 3 N–H and O–H groups in total. The van der Waals surface area contributed by atoms with Gasteiger partial charge in [-0.1, -0.05) is 31.5 Å². The van der Waals surface area contributed by atoms with Crippen molar-refractivity contribution in [3.8, 4) is 0 Å². The van der Waals surface area contributed by atoms with Gasteiger partial charge in [0.2, 0.25) is 0 Å². The average molecular weight is 311 g/mol. The number of rotatable bonds is 7. The zero-order valence-corrected chi connectivity index (χ0v) is 13.2. The van der Waals surface area contributed by atoms with E-state index in [2.05, 4.69) is 39.6 Å². The van der Waals surface area contributed by atoms with E-state index in [4.69, 9.17) is 4.98 Å². The Kier molecular flexibility index (Phi) is 4.71. The Morgan fingerprint density at radius 2 is 2.09 bits per heavy atom. The number of aryl methyl sites for hydroxylation is 2. The van der Waals surface area contributed by atoms with E-state index in [1.54, 1.807) is 0 Å². The second kappa shape index (κ2) is 7.09. The molecule has 0 saturated heterocycles. The molecule has 2 heterocycles. The summed E-state index contributed by atoms with van der Waals surface area (Å²) in [5.41, 5.74) is 3.01. The second-order valence-corrected chi connectivity index (χ2v) is 5.58. The highest BCUT2D eigenvalue weighted by molar-refractivity contribution is 5.91. The van der Waals surface area contributed by atoms with Crippen molar-refractivity contribution in [2.45, 2.75) is 32.6 Å². The van der Waals surface area contributed by atoms with Gasteiger partial charge in [-0.05, 0) is 25.0 Å². The van der Waals surface area contributed by atoms with Gasteiger partial charge in [-0.15, -0.1) is 0 Å². The van der Waals surface area contributed by atoms with Crippen LogP contribution in [0.4, 0.5) is 5.69 Å². The van der Waals surface area contributed by atoms with Crippen LogP contribution >= 0.6 is 0 Å². The molecule has 2 aromatic heterocycles. The van der Waals surface area contributed by atoms with E-state index in [-0.39, 0.29) is 5.69 Å². The zero-order valence-electron chi connectivity index (χ0n) is 13.2. The molecule has 0 atom stereocenters. The number of benzene rings is 1. The quantitative estimate of drug-likeness (QED) is 0.585. The number of H-pyrrole nitrogens is 2. The van der Waals surface area contributed by atoms with E-state index >= 15 is 0 Å². The minimum Gasteiger partial charge on any atom is -0.384 e. The lowest BCUT2D eigenvalue weighted by molar-refractivity contribution is 0.805. The number of pyridine rings is 1. The fraction of sp³-hybridized carbons (Fsp3) is 0.353. The molecule has 0 bridgehead atoms. The van der Waals surface area contributed by atoms with Gasteiger partial charge in [0.15, 0.2) is 0 Å². The smallest absolute Gasteiger partial charge is 0.340 e. The molecule has 0 aliphatic rings. The van der Waals surface area contributed by atoms with Crippen LogP contribution in [0, 0.1) is 0 Å². The first-order chi connectivity index (χ1) is 11.3. The summed E-state index contributed by atoms with van der Waals surface area (Å²) in [6.45, 7) is 2.98. The number of aromatic amines is 2. The molecule has 0 amide bonds. The Hall–Kier alpha value is -2.63. The Balaban J connectivity index is 1.69. The van der Waals surface area contributed by atoms with Crippen molar-refractivity contribution in [3.05, 3.63) is 52.3 Å². The van der Waals surface area contributed by atoms with E-state index in [1.165, 1.54) is 0 Å². The van der Waals surface area contributed by atoms with E-state index in [0.717, 1.165) is 54.5 Å². The highest BCUT2D eigenvalue weighted by Crippen LogP contribution is 2.23. The highest BCUT2D eigenvalue weighted by Gasteiger charge is 2.05. The van der Waals surface area contributed by atoms with Gasteiger partial charge < -0.3 is 5.32 Å². The van der Waals surface area contributed by atoms with Gasteiger partial charge in [0.25, 0.3) is 0 Å². The maximum Gasteiger partial charge on any atom is 0.340 e. The number of fused-ring (bicyclic) bond motifs is 1. The van der Waals surface area contributed by atoms with Crippen molar-refractivity contribution < 1.29 is 0 Å². The van der Waals surface area contributed by atoms with Crippen LogP contribution in [0.3, 0.4) is 0 Å². The summed E-state index contributed by atoms with van der Waals surface area (Å²) >= 11 is 0. The number of nitrogens with one attached hydrogen (secondary N) is 3. The van der Waals surface area contributed by atoms with Crippen molar-refractivity contribution in [2.75, 3.05) is 11.9 Å². The third-order valence-electron chi connectivity index (χ3n) is 3.73. The van der Waals surface area contributed by atoms with Crippen molar-refractivity contribution in [1.29, 1.82) is 0 Å². The number of para-hydroxylation sites is 1. The number of nitrogens with zero attached hydrogens (tertiary/aromatic N) is 2. The Bertz CT molecular complexity index is 836. The molecular weight excluding hydrogens is 290 g/mol. The predicted molar refractivity (Wildman–Crippen MR) is 91.8 cm³/mol. The van der Waals surface area contributed by atoms with Gasteiger partial charge in [-0.25, -0.2) is 9.89 Å². The first-order valence-electron chi connectivity index (χ1n) is 8.02. The van der Waals surface area contributed by atoms with Crippen LogP contribution in [0.5, 0.6) is 0 Å². The summed E-state index contributed by atoms with van der Waals surface area (Å²) in [5.74, 6) is 0.697. The summed E-state index contributed by atoms with van der Waals surface area (Å²) in [4.78, 5) is 18.4. The Morgan fingerprint density at radius 1 is 1.22 bits per heavy atom. The largest absolute Gasteiger partial charge is 0.384 e. The van der Waals surface area contributed by atoms with Crippen molar-refractivity contribution in [1.82, 2.24) is 20.2 Å². The monoisotopic (exact) mass is 311 g/mol. The number of aromatic nitrogens is 4. The Morgan fingerprint density at radius 3 is 2.87 bits per heavy atom.